The van der Waals surface area contributed by atoms with Crippen LogP contribution in [0.15, 0.2) is 59.5 Å². The second-order valence-corrected chi connectivity index (χ2v) is 7.68. The molecular weight excluding hydrogens is 363 g/mol. The lowest BCUT2D eigenvalue weighted by molar-refractivity contribution is -0.134. The van der Waals surface area contributed by atoms with Crippen LogP contribution in [0.25, 0.3) is 0 Å². The van der Waals surface area contributed by atoms with Gasteiger partial charge in [-0.05, 0) is 37.1 Å². The number of hydrogen-bond acceptors (Lipinski definition) is 3. The molecule has 2 amide bonds. The molecule has 0 unspecified atom stereocenters. The summed E-state index contributed by atoms with van der Waals surface area (Å²) in [5, 5.41) is 2.93. The van der Waals surface area contributed by atoms with Gasteiger partial charge in [-0.15, -0.1) is 11.8 Å². The molecule has 0 saturated carbocycles. The first kappa shape index (κ1) is 19.4. The molecule has 27 heavy (non-hydrogen) atoms. The summed E-state index contributed by atoms with van der Waals surface area (Å²) < 4.78 is 13.6. The largest absolute Gasteiger partial charge is 0.343 e. The number of likely N-dealkylation sites (tertiary alicyclic amines) is 1. The molecule has 1 aliphatic rings. The van der Waals surface area contributed by atoms with E-state index < -0.39 is 0 Å². The van der Waals surface area contributed by atoms with Gasteiger partial charge in [0.1, 0.15) is 5.82 Å². The van der Waals surface area contributed by atoms with E-state index in [2.05, 4.69) is 5.32 Å². The number of rotatable bonds is 6. The molecule has 1 saturated heterocycles. The Labute approximate surface area is 163 Å². The molecule has 0 aromatic heterocycles. The van der Waals surface area contributed by atoms with Gasteiger partial charge in [-0.1, -0.05) is 30.3 Å². The maximum atomic E-state index is 13.6. The molecule has 0 bridgehead atoms. The molecule has 3 rings (SSSR count). The predicted molar refractivity (Wildman–Crippen MR) is 106 cm³/mol. The summed E-state index contributed by atoms with van der Waals surface area (Å²) in [6.45, 7) is 1.19. The van der Waals surface area contributed by atoms with Crippen molar-refractivity contribution in [3.05, 3.63) is 60.4 Å². The number of carbonyl (C=O) groups excluding carboxylic acids is 2. The van der Waals surface area contributed by atoms with Crippen LogP contribution in [0.3, 0.4) is 0 Å². The summed E-state index contributed by atoms with van der Waals surface area (Å²) in [5.41, 5.74) is 0.797. The molecule has 2 aromatic rings. The number of carbonyl (C=O) groups is 2. The van der Waals surface area contributed by atoms with Crippen LogP contribution in [0.4, 0.5) is 10.1 Å². The quantitative estimate of drug-likeness (QED) is 0.758. The number of piperidine rings is 1. The van der Waals surface area contributed by atoms with Crippen LogP contribution in [0.1, 0.15) is 19.3 Å². The monoisotopic (exact) mass is 386 g/mol. The van der Waals surface area contributed by atoms with Gasteiger partial charge in [-0.2, -0.15) is 0 Å². The first-order valence-corrected chi connectivity index (χ1v) is 10.1. The first-order chi connectivity index (χ1) is 13.1. The maximum Gasteiger partial charge on any atom is 0.227 e. The number of para-hydroxylation sites is 1. The van der Waals surface area contributed by atoms with Crippen LogP contribution in [0.2, 0.25) is 0 Å². The zero-order valence-electron chi connectivity index (χ0n) is 15.1. The Kier molecular flexibility index (Phi) is 6.87. The SMILES string of the molecule is O=C(Nc1ccccc1)C1CCN(C(=O)CCSc2ccccc2F)CC1. The van der Waals surface area contributed by atoms with E-state index in [1.807, 2.05) is 35.2 Å². The van der Waals surface area contributed by atoms with Gasteiger partial charge in [-0.25, -0.2) is 4.39 Å². The second-order valence-electron chi connectivity index (χ2n) is 6.54. The molecule has 0 atom stereocenters. The summed E-state index contributed by atoms with van der Waals surface area (Å²) in [5.74, 6) is 0.320. The van der Waals surface area contributed by atoms with E-state index in [1.165, 1.54) is 17.8 Å². The van der Waals surface area contributed by atoms with E-state index in [4.69, 9.17) is 0 Å². The molecule has 1 aliphatic heterocycles. The Hall–Kier alpha value is -2.34. The van der Waals surface area contributed by atoms with Crippen molar-refractivity contribution >= 4 is 29.3 Å². The predicted octanol–water partition coefficient (Wildman–Crippen LogP) is 4.19. The zero-order chi connectivity index (χ0) is 19.1. The third-order valence-corrected chi connectivity index (χ3v) is 5.72. The summed E-state index contributed by atoms with van der Waals surface area (Å²) >= 11 is 1.36. The average Bonchev–Trinajstić information content (AvgIpc) is 2.70. The minimum absolute atomic E-state index is 0.0170. The fourth-order valence-corrected chi connectivity index (χ4v) is 4.00. The van der Waals surface area contributed by atoms with Gasteiger partial charge in [0.15, 0.2) is 0 Å². The molecule has 6 heteroatoms. The normalized spacial score (nSPS) is 14.8. The van der Waals surface area contributed by atoms with Gasteiger partial charge < -0.3 is 10.2 Å². The topological polar surface area (TPSA) is 49.4 Å². The standard InChI is InChI=1S/C21H23FN2O2S/c22-18-8-4-5-9-19(18)27-15-12-20(25)24-13-10-16(11-14-24)21(26)23-17-6-2-1-3-7-17/h1-9,16H,10-15H2,(H,23,26). The Bertz CT molecular complexity index is 777. The third-order valence-electron chi connectivity index (χ3n) is 4.67. The van der Waals surface area contributed by atoms with E-state index in [-0.39, 0.29) is 23.5 Å². The number of hydrogen-bond donors (Lipinski definition) is 1. The van der Waals surface area contributed by atoms with Gasteiger partial charge >= 0.3 is 0 Å². The van der Waals surface area contributed by atoms with Crippen molar-refractivity contribution in [3.8, 4) is 0 Å². The van der Waals surface area contributed by atoms with Crippen molar-refractivity contribution in [2.24, 2.45) is 5.92 Å². The van der Waals surface area contributed by atoms with Crippen LogP contribution < -0.4 is 5.32 Å². The molecule has 142 valence electrons. The highest BCUT2D eigenvalue weighted by Gasteiger charge is 2.27. The Balaban J connectivity index is 1.40. The number of anilines is 1. The molecule has 1 N–H and O–H groups in total. The molecule has 0 spiro atoms. The highest BCUT2D eigenvalue weighted by Crippen LogP contribution is 2.23. The number of nitrogens with one attached hydrogen (secondary N) is 1. The third kappa shape index (κ3) is 5.57. The van der Waals surface area contributed by atoms with Crippen LogP contribution in [-0.2, 0) is 9.59 Å². The number of benzene rings is 2. The summed E-state index contributed by atoms with van der Waals surface area (Å²) in [4.78, 5) is 27.1. The Morgan fingerprint density at radius 1 is 1.04 bits per heavy atom. The Morgan fingerprint density at radius 3 is 2.41 bits per heavy atom. The van der Waals surface area contributed by atoms with Gasteiger partial charge in [-0.3, -0.25) is 9.59 Å². The number of halogens is 1. The molecule has 4 nitrogen and oxygen atoms in total. The minimum Gasteiger partial charge on any atom is -0.343 e. The number of thioether (sulfide) groups is 1. The van der Waals surface area contributed by atoms with Crippen LogP contribution in [0.5, 0.6) is 0 Å². The fourth-order valence-electron chi connectivity index (χ4n) is 3.13. The second kappa shape index (κ2) is 9.55. The highest BCUT2D eigenvalue weighted by atomic mass is 32.2. The van der Waals surface area contributed by atoms with Crippen molar-refractivity contribution in [3.63, 3.8) is 0 Å². The van der Waals surface area contributed by atoms with E-state index in [0.29, 0.717) is 43.0 Å². The van der Waals surface area contributed by atoms with Crippen LogP contribution in [-0.4, -0.2) is 35.6 Å². The lowest BCUT2D eigenvalue weighted by Crippen LogP contribution is -2.41. The first-order valence-electron chi connectivity index (χ1n) is 9.14. The fraction of sp³-hybridized carbons (Fsp3) is 0.333. The van der Waals surface area contributed by atoms with Crippen molar-refractivity contribution in [2.75, 3.05) is 24.2 Å². The molecule has 2 aromatic carbocycles. The molecule has 0 aliphatic carbocycles. The molecular formula is C21H23FN2O2S. The van der Waals surface area contributed by atoms with E-state index >= 15 is 0 Å². The van der Waals surface area contributed by atoms with Gasteiger partial charge in [0.25, 0.3) is 0 Å². The lowest BCUT2D eigenvalue weighted by atomic mass is 9.95. The van der Waals surface area contributed by atoms with E-state index in [1.54, 1.807) is 18.2 Å². The number of nitrogens with zero attached hydrogens (tertiary/aromatic N) is 1. The highest BCUT2D eigenvalue weighted by molar-refractivity contribution is 7.99. The van der Waals surface area contributed by atoms with Crippen molar-refractivity contribution in [2.45, 2.75) is 24.2 Å². The minimum atomic E-state index is -0.250. The lowest BCUT2D eigenvalue weighted by Gasteiger charge is -2.31. The van der Waals surface area contributed by atoms with Crippen molar-refractivity contribution in [1.29, 1.82) is 0 Å². The molecule has 1 fully saturated rings. The van der Waals surface area contributed by atoms with E-state index in [9.17, 15) is 14.0 Å². The van der Waals surface area contributed by atoms with Crippen LogP contribution >= 0.6 is 11.8 Å². The molecule has 0 radical (unpaired) electrons. The number of amides is 2. The smallest absolute Gasteiger partial charge is 0.227 e. The average molecular weight is 386 g/mol. The summed E-state index contributed by atoms with van der Waals surface area (Å²) in [6, 6.07) is 16.0. The summed E-state index contributed by atoms with van der Waals surface area (Å²) in [6.07, 6.45) is 1.72. The van der Waals surface area contributed by atoms with Crippen molar-refractivity contribution in [1.82, 2.24) is 4.90 Å². The summed E-state index contributed by atoms with van der Waals surface area (Å²) in [7, 11) is 0. The van der Waals surface area contributed by atoms with Gasteiger partial charge in [0, 0.05) is 41.8 Å². The van der Waals surface area contributed by atoms with Gasteiger partial charge in [0.2, 0.25) is 11.8 Å². The van der Waals surface area contributed by atoms with E-state index in [0.717, 1.165) is 5.69 Å². The molecule has 1 heterocycles. The van der Waals surface area contributed by atoms with Crippen LogP contribution in [0, 0.1) is 11.7 Å². The van der Waals surface area contributed by atoms with Gasteiger partial charge in [0.05, 0.1) is 0 Å². The maximum absolute atomic E-state index is 13.6. The zero-order valence-corrected chi connectivity index (χ0v) is 15.9. The van der Waals surface area contributed by atoms with Crippen molar-refractivity contribution < 1.29 is 14.0 Å². The Morgan fingerprint density at radius 2 is 1.70 bits per heavy atom.